The zero-order valence-electron chi connectivity index (χ0n) is 14.0. The maximum Gasteiger partial charge on any atom is 0.0417 e. The van der Waals surface area contributed by atoms with Gasteiger partial charge in [-0.3, -0.25) is 0 Å². The van der Waals surface area contributed by atoms with E-state index in [1.807, 2.05) is 6.08 Å². The summed E-state index contributed by atoms with van der Waals surface area (Å²) in [6.07, 6.45) is 3.68. The molecule has 1 aliphatic rings. The molecule has 2 aromatic rings. The minimum absolute atomic E-state index is 0.0112. The second kappa shape index (κ2) is 5.58. The first kappa shape index (κ1) is 15.4. The second-order valence-corrected chi connectivity index (χ2v) is 6.50. The molecule has 0 N–H and O–H groups in total. The van der Waals surface area contributed by atoms with Crippen molar-refractivity contribution in [2.45, 2.75) is 19.3 Å². The molecule has 0 saturated heterocycles. The van der Waals surface area contributed by atoms with Crippen LogP contribution in [0.2, 0.25) is 0 Å². The fourth-order valence-electron chi connectivity index (χ4n) is 3.49. The van der Waals surface area contributed by atoms with Crippen molar-refractivity contribution in [2.24, 2.45) is 0 Å². The van der Waals surface area contributed by atoms with Crippen molar-refractivity contribution in [1.29, 1.82) is 0 Å². The molecule has 0 amide bonds. The smallest absolute Gasteiger partial charge is 0.0417 e. The van der Waals surface area contributed by atoms with Crippen molar-refractivity contribution in [3.63, 3.8) is 0 Å². The van der Waals surface area contributed by atoms with Gasteiger partial charge in [0.15, 0.2) is 0 Å². The van der Waals surface area contributed by atoms with Crippen LogP contribution < -0.4 is 4.90 Å². The Hall–Kier alpha value is -2.54. The number of hydrogen-bond donors (Lipinski definition) is 0. The van der Waals surface area contributed by atoms with Gasteiger partial charge in [0.25, 0.3) is 0 Å². The molecule has 0 atom stereocenters. The normalized spacial score (nSPS) is 13.8. The van der Waals surface area contributed by atoms with Crippen molar-refractivity contribution in [1.82, 2.24) is 0 Å². The van der Waals surface area contributed by atoms with Gasteiger partial charge in [-0.2, -0.15) is 0 Å². The molecule has 0 fully saturated rings. The van der Waals surface area contributed by atoms with Gasteiger partial charge in [0.1, 0.15) is 0 Å². The minimum Gasteiger partial charge on any atom is -0.338 e. The van der Waals surface area contributed by atoms with Crippen LogP contribution in [0.5, 0.6) is 0 Å². The highest BCUT2D eigenvalue weighted by Gasteiger charge is 2.35. The molecular weight excluding hydrogens is 278 g/mol. The van der Waals surface area contributed by atoms with Crippen LogP contribution in [0.25, 0.3) is 11.1 Å². The average Bonchev–Trinajstić information content (AvgIpc) is 2.80. The molecule has 1 aliphatic carbocycles. The summed E-state index contributed by atoms with van der Waals surface area (Å²) in [5, 5.41) is 0. The van der Waals surface area contributed by atoms with Crippen LogP contribution in [-0.4, -0.2) is 6.54 Å². The maximum absolute atomic E-state index is 4.10. The van der Waals surface area contributed by atoms with E-state index in [0.29, 0.717) is 0 Å². The number of fused-ring (bicyclic) bond motifs is 3. The standard InChI is InChI=1S/C22H23N/c1-6-14-23(16(3)7-2)17-12-13-19-18-10-8-9-11-20(18)22(4,5)21(19)15-17/h6-13,15H,1-3,14H2,4-5H3. The van der Waals surface area contributed by atoms with Crippen LogP contribution in [0.1, 0.15) is 25.0 Å². The maximum atomic E-state index is 4.10. The zero-order valence-corrected chi connectivity index (χ0v) is 14.0. The van der Waals surface area contributed by atoms with Gasteiger partial charge in [-0.15, -0.1) is 6.58 Å². The molecule has 23 heavy (non-hydrogen) atoms. The molecule has 3 rings (SSSR count). The summed E-state index contributed by atoms with van der Waals surface area (Å²) in [6.45, 7) is 17.1. The fraction of sp³-hybridized carbons (Fsp3) is 0.182. The van der Waals surface area contributed by atoms with Gasteiger partial charge in [-0.1, -0.05) is 63.4 Å². The van der Waals surface area contributed by atoms with Gasteiger partial charge in [0, 0.05) is 23.3 Å². The Morgan fingerprint density at radius 3 is 2.43 bits per heavy atom. The molecule has 0 spiro atoms. The van der Waals surface area contributed by atoms with E-state index in [2.05, 4.69) is 80.9 Å². The Morgan fingerprint density at radius 2 is 1.74 bits per heavy atom. The van der Waals surface area contributed by atoms with Crippen LogP contribution >= 0.6 is 0 Å². The third-order valence-corrected chi connectivity index (χ3v) is 4.77. The van der Waals surface area contributed by atoms with E-state index in [9.17, 15) is 0 Å². The largest absolute Gasteiger partial charge is 0.338 e. The minimum atomic E-state index is 0.0112. The molecule has 0 aliphatic heterocycles. The molecule has 0 bridgehead atoms. The first-order chi connectivity index (χ1) is 11.0. The topological polar surface area (TPSA) is 3.24 Å². The van der Waals surface area contributed by atoms with E-state index in [1.54, 1.807) is 6.08 Å². The van der Waals surface area contributed by atoms with Gasteiger partial charge in [0.2, 0.25) is 0 Å². The highest BCUT2D eigenvalue weighted by Crippen LogP contribution is 2.49. The van der Waals surface area contributed by atoms with Crippen LogP contribution in [-0.2, 0) is 5.41 Å². The number of anilines is 1. The van der Waals surface area contributed by atoms with Crippen LogP contribution in [0, 0.1) is 0 Å². The first-order valence-electron chi connectivity index (χ1n) is 7.95. The number of allylic oxidation sites excluding steroid dienone is 1. The third kappa shape index (κ3) is 2.33. The van der Waals surface area contributed by atoms with Gasteiger partial charge in [0.05, 0.1) is 0 Å². The second-order valence-electron chi connectivity index (χ2n) is 6.50. The molecule has 1 heteroatoms. The fourth-order valence-corrected chi connectivity index (χ4v) is 3.49. The Kier molecular flexibility index (Phi) is 3.73. The molecule has 0 aromatic heterocycles. The van der Waals surface area contributed by atoms with E-state index in [-0.39, 0.29) is 5.41 Å². The molecular formula is C22H23N. The lowest BCUT2D eigenvalue weighted by Gasteiger charge is -2.27. The summed E-state index contributed by atoms with van der Waals surface area (Å²) in [7, 11) is 0. The van der Waals surface area contributed by atoms with Crippen molar-refractivity contribution < 1.29 is 0 Å². The van der Waals surface area contributed by atoms with E-state index < -0.39 is 0 Å². The predicted molar refractivity (Wildman–Crippen MR) is 101 cm³/mol. The predicted octanol–water partition coefficient (Wildman–Crippen LogP) is 5.69. The summed E-state index contributed by atoms with van der Waals surface area (Å²) >= 11 is 0. The lowest BCUT2D eigenvalue weighted by atomic mass is 9.82. The van der Waals surface area contributed by atoms with Crippen LogP contribution in [0.4, 0.5) is 5.69 Å². The molecule has 0 unspecified atom stereocenters. The third-order valence-electron chi connectivity index (χ3n) is 4.77. The van der Waals surface area contributed by atoms with Crippen LogP contribution in [0.3, 0.4) is 0 Å². The highest BCUT2D eigenvalue weighted by atomic mass is 15.1. The summed E-state index contributed by atoms with van der Waals surface area (Å²) in [4.78, 5) is 2.14. The van der Waals surface area contributed by atoms with E-state index in [1.165, 1.54) is 22.3 Å². The van der Waals surface area contributed by atoms with Crippen molar-refractivity contribution in [3.05, 3.63) is 91.2 Å². The molecule has 0 radical (unpaired) electrons. The number of hydrogen-bond acceptors (Lipinski definition) is 1. The Balaban J connectivity index is 2.14. The van der Waals surface area contributed by atoms with Gasteiger partial charge in [-0.05, 0) is 40.5 Å². The number of nitrogens with zero attached hydrogens (tertiary/aromatic N) is 1. The van der Waals surface area contributed by atoms with Crippen molar-refractivity contribution >= 4 is 5.69 Å². The van der Waals surface area contributed by atoms with Gasteiger partial charge < -0.3 is 4.90 Å². The van der Waals surface area contributed by atoms with E-state index >= 15 is 0 Å². The first-order valence-corrected chi connectivity index (χ1v) is 7.95. The summed E-state index contributed by atoms with van der Waals surface area (Å²) in [6, 6.07) is 15.4. The Bertz CT molecular complexity index is 795. The Morgan fingerprint density at radius 1 is 1.04 bits per heavy atom. The SMILES string of the molecule is C=CCN(C(=C)C=C)c1ccc2c(c1)C(C)(C)c1ccccc1-2. The van der Waals surface area contributed by atoms with E-state index in [4.69, 9.17) is 0 Å². The van der Waals surface area contributed by atoms with E-state index in [0.717, 1.165) is 17.9 Å². The quantitative estimate of drug-likeness (QED) is 0.507. The average molecular weight is 301 g/mol. The zero-order chi connectivity index (χ0) is 16.6. The lowest BCUT2D eigenvalue weighted by molar-refractivity contribution is 0.660. The summed E-state index contributed by atoms with van der Waals surface area (Å²) in [5.74, 6) is 0. The van der Waals surface area contributed by atoms with Crippen LogP contribution in [0.15, 0.2) is 80.1 Å². The van der Waals surface area contributed by atoms with Crippen molar-refractivity contribution in [2.75, 3.05) is 11.4 Å². The summed E-state index contributed by atoms with van der Waals surface area (Å²) in [5.41, 5.74) is 7.46. The molecule has 1 nitrogen and oxygen atoms in total. The van der Waals surface area contributed by atoms with Gasteiger partial charge in [-0.25, -0.2) is 0 Å². The number of benzene rings is 2. The van der Waals surface area contributed by atoms with Crippen molar-refractivity contribution in [3.8, 4) is 11.1 Å². The Labute approximate surface area is 139 Å². The molecule has 116 valence electrons. The lowest BCUT2D eigenvalue weighted by Crippen LogP contribution is -2.22. The van der Waals surface area contributed by atoms with Gasteiger partial charge >= 0.3 is 0 Å². The summed E-state index contributed by atoms with van der Waals surface area (Å²) < 4.78 is 0. The number of rotatable bonds is 5. The molecule has 0 saturated carbocycles. The molecule has 2 aromatic carbocycles. The highest BCUT2D eigenvalue weighted by molar-refractivity contribution is 5.82. The monoisotopic (exact) mass is 301 g/mol. The molecule has 0 heterocycles.